The molecule has 0 spiro atoms. The lowest BCUT2D eigenvalue weighted by Gasteiger charge is -2.36. The molecule has 1 rings (SSSR count). The number of hydrogen-bond donors (Lipinski definition) is 3. The van der Waals surface area contributed by atoms with E-state index in [1.54, 1.807) is 4.90 Å². The van der Waals surface area contributed by atoms with Crippen molar-refractivity contribution >= 4 is 11.7 Å². The highest BCUT2D eigenvalue weighted by molar-refractivity contribution is 6.02. The number of nitrogens with zero attached hydrogens (tertiary/aromatic N) is 2. The summed E-state index contributed by atoms with van der Waals surface area (Å²) in [5, 5.41) is 21.0. The SMILES string of the molecule is CCCC(C(=O)N1CCCCC1CO)C(N)=NO. The fourth-order valence-corrected chi connectivity index (χ4v) is 2.44. The Morgan fingerprint density at radius 3 is 2.83 bits per heavy atom. The predicted molar refractivity (Wildman–Crippen MR) is 68.2 cm³/mol. The maximum Gasteiger partial charge on any atom is 0.233 e. The van der Waals surface area contributed by atoms with E-state index in [-0.39, 0.29) is 24.4 Å². The first kappa shape index (κ1) is 14.8. The van der Waals surface area contributed by atoms with E-state index in [9.17, 15) is 9.90 Å². The Hall–Kier alpha value is -1.30. The zero-order valence-corrected chi connectivity index (χ0v) is 10.9. The minimum absolute atomic E-state index is 0.0270. The van der Waals surface area contributed by atoms with Crippen LogP contribution in [-0.2, 0) is 4.79 Å². The Kier molecular flexibility index (Phi) is 5.91. The summed E-state index contributed by atoms with van der Waals surface area (Å²) in [5.74, 6) is -0.748. The topological polar surface area (TPSA) is 99.2 Å². The second-order valence-corrected chi connectivity index (χ2v) is 4.73. The zero-order valence-electron chi connectivity index (χ0n) is 10.9. The van der Waals surface area contributed by atoms with Gasteiger partial charge >= 0.3 is 0 Å². The number of carbonyl (C=O) groups is 1. The molecule has 1 aliphatic heterocycles. The third-order valence-corrected chi connectivity index (χ3v) is 3.47. The zero-order chi connectivity index (χ0) is 13.5. The van der Waals surface area contributed by atoms with E-state index in [0.717, 1.165) is 25.7 Å². The molecule has 1 fully saturated rings. The van der Waals surface area contributed by atoms with Gasteiger partial charge in [-0.25, -0.2) is 0 Å². The van der Waals surface area contributed by atoms with E-state index in [4.69, 9.17) is 10.9 Å². The van der Waals surface area contributed by atoms with E-state index >= 15 is 0 Å². The minimum Gasteiger partial charge on any atom is -0.409 e. The number of aliphatic hydroxyl groups excluding tert-OH is 1. The maximum absolute atomic E-state index is 12.4. The summed E-state index contributed by atoms with van der Waals surface area (Å²) < 4.78 is 0. The number of piperidine rings is 1. The fourth-order valence-electron chi connectivity index (χ4n) is 2.44. The Bertz CT molecular complexity index is 307. The van der Waals surface area contributed by atoms with Crippen molar-refractivity contribution in [3.63, 3.8) is 0 Å². The first-order valence-electron chi connectivity index (χ1n) is 6.54. The number of hydrogen-bond acceptors (Lipinski definition) is 4. The van der Waals surface area contributed by atoms with E-state index in [1.165, 1.54) is 0 Å². The molecule has 6 nitrogen and oxygen atoms in total. The van der Waals surface area contributed by atoms with Gasteiger partial charge in [-0.05, 0) is 25.7 Å². The van der Waals surface area contributed by atoms with Crippen LogP contribution in [0.3, 0.4) is 0 Å². The third kappa shape index (κ3) is 3.35. The predicted octanol–water partition coefficient (Wildman–Crippen LogP) is 0.523. The van der Waals surface area contributed by atoms with Crippen molar-refractivity contribution in [2.75, 3.05) is 13.2 Å². The van der Waals surface area contributed by atoms with Crippen LogP contribution in [0.5, 0.6) is 0 Å². The monoisotopic (exact) mass is 257 g/mol. The average Bonchev–Trinajstić information content (AvgIpc) is 2.43. The number of amides is 1. The van der Waals surface area contributed by atoms with Crippen LogP contribution in [0.25, 0.3) is 0 Å². The molecule has 1 aliphatic rings. The normalized spacial score (nSPS) is 22.9. The highest BCUT2D eigenvalue weighted by Crippen LogP contribution is 2.21. The van der Waals surface area contributed by atoms with Crippen LogP contribution < -0.4 is 5.73 Å². The molecule has 1 saturated heterocycles. The van der Waals surface area contributed by atoms with Gasteiger partial charge in [0.15, 0.2) is 5.84 Å². The van der Waals surface area contributed by atoms with Crippen LogP contribution in [0.15, 0.2) is 5.16 Å². The first-order chi connectivity index (χ1) is 8.65. The standard InChI is InChI=1S/C12H23N3O3/c1-2-5-10(11(13)14-18)12(17)15-7-4-3-6-9(15)8-16/h9-10,16,18H,2-8H2,1H3,(H2,13,14). The van der Waals surface area contributed by atoms with Gasteiger partial charge in [0.05, 0.1) is 18.6 Å². The van der Waals surface area contributed by atoms with Crippen LogP contribution in [0.2, 0.25) is 0 Å². The number of amidine groups is 1. The molecule has 0 aromatic heterocycles. The molecule has 1 heterocycles. The average molecular weight is 257 g/mol. The van der Waals surface area contributed by atoms with Gasteiger partial charge in [0.25, 0.3) is 0 Å². The smallest absolute Gasteiger partial charge is 0.233 e. The Morgan fingerprint density at radius 2 is 2.28 bits per heavy atom. The summed E-state index contributed by atoms with van der Waals surface area (Å²) in [5.41, 5.74) is 5.59. The van der Waals surface area contributed by atoms with E-state index < -0.39 is 5.92 Å². The summed E-state index contributed by atoms with van der Waals surface area (Å²) in [6.45, 7) is 2.56. The molecule has 4 N–H and O–H groups in total. The number of nitrogens with two attached hydrogens (primary N) is 1. The molecule has 2 unspecified atom stereocenters. The molecule has 0 bridgehead atoms. The molecule has 18 heavy (non-hydrogen) atoms. The fraction of sp³-hybridized carbons (Fsp3) is 0.833. The van der Waals surface area contributed by atoms with Crippen LogP contribution in [0.4, 0.5) is 0 Å². The lowest BCUT2D eigenvalue weighted by molar-refractivity contribution is -0.138. The molecule has 1 amide bonds. The van der Waals surface area contributed by atoms with Gasteiger partial charge < -0.3 is 20.9 Å². The van der Waals surface area contributed by atoms with Crippen LogP contribution >= 0.6 is 0 Å². The lowest BCUT2D eigenvalue weighted by atomic mass is 9.96. The van der Waals surface area contributed by atoms with Crippen molar-refractivity contribution in [2.45, 2.75) is 45.1 Å². The Balaban J connectivity index is 2.80. The highest BCUT2D eigenvalue weighted by atomic mass is 16.4. The van der Waals surface area contributed by atoms with Gasteiger partial charge in [-0.15, -0.1) is 0 Å². The summed E-state index contributed by atoms with van der Waals surface area (Å²) in [6.07, 6.45) is 4.12. The van der Waals surface area contributed by atoms with E-state index in [1.807, 2.05) is 6.92 Å². The van der Waals surface area contributed by atoms with Crippen molar-refractivity contribution in [1.82, 2.24) is 4.90 Å². The van der Waals surface area contributed by atoms with Gasteiger partial charge in [-0.2, -0.15) is 0 Å². The largest absolute Gasteiger partial charge is 0.409 e. The van der Waals surface area contributed by atoms with E-state index in [0.29, 0.717) is 13.0 Å². The minimum atomic E-state index is -0.577. The number of oxime groups is 1. The Labute approximate surface area is 107 Å². The maximum atomic E-state index is 12.4. The molecular weight excluding hydrogens is 234 g/mol. The number of likely N-dealkylation sites (tertiary alicyclic amines) is 1. The molecule has 0 saturated carbocycles. The van der Waals surface area contributed by atoms with Gasteiger partial charge in [0.1, 0.15) is 0 Å². The molecule has 104 valence electrons. The highest BCUT2D eigenvalue weighted by Gasteiger charge is 2.32. The molecule has 0 aliphatic carbocycles. The quantitative estimate of drug-likeness (QED) is 0.289. The third-order valence-electron chi connectivity index (χ3n) is 3.47. The van der Waals surface area contributed by atoms with E-state index in [2.05, 4.69) is 5.16 Å². The van der Waals surface area contributed by atoms with Gasteiger partial charge in [-0.1, -0.05) is 18.5 Å². The summed E-state index contributed by atoms with van der Waals surface area (Å²) in [6, 6.07) is -0.128. The van der Waals surface area contributed by atoms with Crippen molar-refractivity contribution in [1.29, 1.82) is 0 Å². The molecule has 0 aromatic carbocycles. The van der Waals surface area contributed by atoms with Crippen molar-refractivity contribution < 1.29 is 15.1 Å². The Morgan fingerprint density at radius 1 is 1.56 bits per heavy atom. The molecule has 0 radical (unpaired) electrons. The summed E-state index contributed by atoms with van der Waals surface area (Å²) in [4.78, 5) is 14.1. The molecular formula is C12H23N3O3. The number of rotatable bonds is 5. The summed E-state index contributed by atoms with van der Waals surface area (Å²) >= 11 is 0. The first-order valence-corrected chi connectivity index (χ1v) is 6.54. The second kappa shape index (κ2) is 7.20. The van der Waals surface area contributed by atoms with Gasteiger partial charge in [-0.3, -0.25) is 4.79 Å². The number of carbonyl (C=O) groups excluding carboxylic acids is 1. The number of aliphatic hydroxyl groups is 1. The molecule has 6 heteroatoms. The molecule has 0 aromatic rings. The van der Waals surface area contributed by atoms with Crippen LogP contribution in [-0.4, -0.2) is 46.1 Å². The van der Waals surface area contributed by atoms with Crippen LogP contribution in [0.1, 0.15) is 39.0 Å². The lowest BCUT2D eigenvalue weighted by Crippen LogP contribution is -2.50. The molecule has 2 atom stereocenters. The van der Waals surface area contributed by atoms with Crippen LogP contribution in [0, 0.1) is 5.92 Å². The van der Waals surface area contributed by atoms with Gasteiger partial charge in [0.2, 0.25) is 5.91 Å². The van der Waals surface area contributed by atoms with Crippen molar-refractivity contribution in [3.8, 4) is 0 Å². The van der Waals surface area contributed by atoms with Crippen molar-refractivity contribution in [3.05, 3.63) is 0 Å². The van der Waals surface area contributed by atoms with Crippen molar-refractivity contribution in [2.24, 2.45) is 16.8 Å². The summed E-state index contributed by atoms with van der Waals surface area (Å²) in [7, 11) is 0. The van der Waals surface area contributed by atoms with Gasteiger partial charge in [0, 0.05) is 6.54 Å². The second-order valence-electron chi connectivity index (χ2n) is 4.73.